The molecule has 2 nitrogen and oxygen atoms in total. The molecule has 6 aromatic rings. The summed E-state index contributed by atoms with van der Waals surface area (Å²) in [6.07, 6.45) is 1.19. The second kappa shape index (κ2) is 6.68. The molecule has 146 valence electrons. The maximum absolute atomic E-state index is 11.8. The zero-order valence-corrected chi connectivity index (χ0v) is 16.8. The van der Waals surface area contributed by atoms with E-state index in [1.165, 1.54) is 38.4 Å². The van der Waals surface area contributed by atoms with Crippen molar-refractivity contribution >= 4 is 59.8 Å². The third-order valence-corrected chi connectivity index (χ3v) is 5.99. The van der Waals surface area contributed by atoms with Crippen molar-refractivity contribution in [2.45, 2.75) is 0 Å². The monoisotopic (exact) mass is 398 g/mol. The fourth-order valence-corrected chi connectivity index (χ4v) is 4.48. The lowest BCUT2D eigenvalue weighted by Crippen LogP contribution is -2.03. The molecule has 6 aromatic carbocycles. The molecule has 2 heteroatoms. The largest absolute Gasteiger partial charge is 0.423 e. The summed E-state index contributed by atoms with van der Waals surface area (Å²) in [5.41, 5.74) is 0. The standard InChI is InChI=1S/C29H18O2/c1-2-29(30)31-28-9-5-8-20-14-21-10-11-22-15-23-12-18-6-3-4-7-19(18)13-24(23)16-25(22)26(21)17-27(20)28/h2-17H,1H2. The minimum atomic E-state index is -0.455. The van der Waals surface area contributed by atoms with Gasteiger partial charge in [-0.3, -0.25) is 0 Å². The first-order valence-corrected chi connectivity index (χ1v) is 10.3. The van der Waals surface area contributed by atoms with Crippen LogP contribution in [0.2, 0.25) is 0 Å². The van der Waals surface area contributed by atoms with Crippen molar-refractivity contribution in [2.24, 2.45) is 0 Å². The van der Waals surface area contributed by atoms with Crippen LogP contribution in [-0.2, 0) is 4.79 Å². The van der Waals surface area contributed by atoms with Crippen LogP contribution in [0.1, 0.15) is 0 Å². The molecule has 0 saturated carbocycles. The Hall–Kier alpha value is -4.17. The molecule has 0 heterocycles. The van der Waals surface area contributed by atoms with Crippen molar-refractivity contribution in [3.05, 3.63) is 104 Å². The Morgan fingerprint density at radius 1 is 0.581 bits per heavy atom. The molecule has 0 aliphatic rings. The number of carbonyl (C=O) groups is 1. The van der Waals surface area contributed by atoms with Crippen LogP contribution in [0.4, 0.5) is 0 Å². The summed E-state index contributed by atoms with van der Waals surface area (Å²) in [7, 11) is 0. The van der Waals surface area contributed by atoms with Gasteiger partial charge in [0.25, 0.3) is 0 Å². The van der Waals surface area contributed by atoms with Crippen molar-refractivity contribution in [1.82, 2.24) is 0 Å². The Morgan fingerprint density at radius 3 is 1.84 bits per heavy atom. The lowest BCUT2D eigenvalue weighted by molar-refractivity contribution is -0.128. The van der Waals surface area contributed by atoms with Gasteiger partial charge >= 0.3 is 5.97 Å². The average Bonchev–Trinajstić information content (AvgIpc) is 2.80. The van der Waals surface area contributed by atoms with E-state index in [1.54, 1.807) is 0 Å². The molecule has 0 spiro atoms. The fourth-order valence-electron chi connectivity index (χ4n) is 4.48. The number of hydrogen-bond acceptors (Lipinski definition) is 2. The second-order valence-corrected chi connectivity index (χ2v) is 7.86. The molecule has 0 amide bonds. The molecule has 0 aliphatic carbocycles. The van der Waals surface area contributed by atoms with Crippen molar-refractivity contribution in [3.8, 4) is 5.75 Å². The molecule has 0 unspecified atom stereocenters. The lowest BCUT2D eigenvalue weighted by Gasteiger charge is -2.11. The number of benzene rings is 6. The molecule has 0 N–H and O–H groups in total. The second-order valence-electron chi connectivity index (χ2n) is 7.86. The van der Waals surface area contributed by atoms with E-state index in [9.17, 15) is 4.79 Å². The molecule has 0 radical (unpaired) electrons. The first kappa shape index (κ1) is 17.7. The first-order valence-electron chi connectivity index (χ1n) is 10.3. The zero-order valence-electron chi connectivity index (χ0n) is 16.8. The molecule has 31 heavy (non-hydrogen) atoms. The van der Waals surface area contributed by atoms with Gasteiger partial charge in [0.05, 0.1) is 0 Å². The maximum atomic E-state index is 11.8. The van der Waals surface area contributed by atoms with E-state index in [0.717, 1.165) is 21.5 Å². The molecule has 0 fully saturated rings. The van der Waals surface area contributed by atoms with Gasteiger partial charge < -0.3 is 4.74 Å². The first-order chi connectivity index (χ1) is 15.2. The van der Waals surface area contributed by atoms with Gasteiger partial charge in [-0.2, -0.15) is 0 Å². The highest BCUT2D eigenvalue weighted by Crippen LogP contribution is 2.36. The SMILES string of the molecule is C=CC(=O)Oc1cccc2cc3ccc4cc5cc6ccccc6cc5cc4c3cc12. The minimum absolute atomic E-state index is 0.455. The maximum Gasteiger partial charge on any atom is 0.335 e. The molecule has 6 rings (SSSR count). The Balaban J connectivity index is 1.68. The molecule has 0 atom stereocenters. The number of fused-ring (bicyclic) bond motifs is 6. The summed E-state index contributed by atoms with van der Waals surface area (Å²) < 4.78 is 5.50. The van der Waals surface area contributed by atoms with Gasteiger partial charge in [-0.15, -0.1) is 0 Å². The fraction of sp³-hybridized carbons (Fsp3) is 0. The summed E-state index contributed by atoms with van der Waals surface area (Å²) >= 11 is 0. The minimum Gasteiger partial charge on any atom is -0.423 e. The summed E-state index contributed by atoms with van der Waals surface area (Å²) in [5, 5.41) is 11.5. The Kier molecular flexibility index (Phi) is 3.81. The predicted molar refractivity (Wildman–Crippen MR) is 130 cm³/mol. The van der Waals surface area contributed by atoms with Gasteiger partial charge in [-0.05, 0) is 90.9 Å². The normalized spacial score (nSPS) is 11.5. The van der Waals surface area contributed by atoms with Crippen LogP contribution in [-0.4, -0.2) is 5.97 Å². The highest BCUT2D eigenvalue weighted by Gasteiger charge is 2.10. The van der Waals surface area contributed by atoms with Crippen LogP contribution in [0.25, 0.3) is 53.9 Å². The highest BCUT2D eigenvalue weighted by atomic mass is 16.5. The van der Waals surface area contributed by atoms with Gasteiger partial charge in [0.2, 0.25) is 0 Å². The van der Waals surface area contributed by atoms with Gasteiger partial charge in [-0.25, -0.2) is 4.79 Å². The van der Waals surface area contributed by atoms with Gasteiger partial charge in [-0.1, -0.05) is 55.1 Å². The topological polar surface area (TPSA) is 26.3 Å². The third-order valence-electron chi connectivity index (χ3n) is 5.99. The smallest absolute Gasteiger partial charge is 0.335 e. The number of ether oxygens (including phenoxy) is 1. The van der Waals surface area contributed by atoms with E-state index in [0.29, 0.717) is 5.75 Å². The summed E-state index contributed by atoms with van der Waals surface area (Å²) in [4.78, 5) is 11.8. The number of rotatable bonds is 2. The summed E-state index contributed by atoms with van der Waals surface area (Å²) in [6, 6.07) is 31.9. The molecular weight excluding hydrogens is 380 g/mol. The van der Waals surface area contributed by atoms with Crippen LogP contribution in [0, 0.1) is 0 Å². The van der Waals surface area contributed by atoms with Gasteiger partial charge in [0.15, 0.2) is 0 Å². The molecule has 0 saturated heterocycles. The van der Waals surface area contributed by atoms with Crippen LogP contribution in [0.5, 0.6) is 5.75 Å². The van der Waals surface area contributed by atoms with Crippen LogP contribution in [0.15, 0.2) is 104 Å². The lowest BCUT2D eigenvalue weighted by atomic mass is 9.94. The van der Waals surface area contributed by atoms with Crippen LogP contribution >= 0.6 is 0 Å². The van der Waals surface area contributed by atoms with E-state index in [-0.39, 0.29) is 0 Å². The van der Waals surface area contributed by atoms with Crippen molar-refractivity contribution in [1.29, 1.82) is 0 Å². The van der Waals surface area contributed by atoms with E-state index in [2.05, 4.69) is 79.4 Å². The van der Waals surface area contributed by atoms with Crippen LogP contribution in [0.3, 0.4) is 0 Å². The number of carbonyl (C=O) groups excluding carboxylic acids is 1. The van der Waals surface area contributed by atoms with Crippen LogP contribution < -0.4 is 4.74 Å². The summed E-state index contributed by atoms with van der Waals surface area (Å²) in [6.45, 7) is 3.50. The number of hydrogen-bond donors (Lipinski definition) is 0. The molecule has 0 aromatic heterocycles. The van der Waals surface area contributed by atoms with Gasteiger partial charge in [0.1, 0.15) is 5.75 Å². The van der Waals surface area contributed by atoms with E-state index in [1.807, 2.05) is 18.2 Å². The Bertz CT molecular complexity index is 1690. The van der Waals surface area contributed by atoms with Crippen molar-refractivity contribution in [2.75, 3.05) is 0 Å². The molecule has 0 bridgehead atoms. The van der Waals surface area contributed by atoms with E-state index in [4.69, 9.17) is 4.74 Å². The van der Waals surface area contributed by atoms with Crippen molar-refractivity contribution < 1.29 is 9.53 Å². The quantitative estimate of drug-likeness (QED) is 0.0990. The van der Waals surface area contributed by atoms with E-state index >= 15 is 0 Å². The Labute approximate surface area is 179 Å². The summed E-state index contributed by atoms with van der Waals surface area (Å²) in [5.74, 6) is 0.0940. The molecular formula is C29H18O2. The predicted octanol–water partition coefficient (Wildman–Crippen LogP) is 7.54. The zero-order chi connectivity index (χ0) is 20.9. The average molecular weight is 398 g/mol. The Morgan fingerprint density at radius 2 is 1.13 bits per heavy atom. The van der Waals surface area contributed by atoms with Gasteiger partial charge in [0, 0.05) is 11.5 Å². The van der Waals surface area contributed by atoms with E-state index < -0.39 is 5.97 Å². The highest BCUT2D eigenvalue weighted by molar-refractivity contribution is 6.17. The molecule has 0 aliphatic heterocycles. The number of esters is 1. The third kappa shape index (κ3) is 2.84. The van der Waals surface area contributed by atoms with Crippen molar-refractivity contribution in [3.63, 3.8) is 0 Å².